The van der Waals surface area contributed by atoms with Crippen molar-refractivity contribution in [3.05, 3.63) is 69.0 Å². The van der Waals surface area contributed by atoms with E-state index in [2.05, 4.69) is 21.2 Å². The Morgan fingerprint density at radius 3 is 2.57 bits per heavy atom. The summed E-state index contributed by atoms with van der Waals surface area (Å²) in [4.78, 5) is 24.3. The summed E-state index contributed by atoms with van der Waals surface area (Å²) in [5, 5.41) is 3.28. The topological polar surface area (TPSA) is 68.5 Å². The van der Waals surface area contributed by atoms with Crippen molar-refractivity contribution in [1.29, 1.82) is 0 Å². The number of hydrogen-bond donors (Lipinski definition) is 1. The number of benzene rings is 2. The standard InChI is InChI=1S/C17H12BrNO4/c1-22-13-6-7-15-10(8-13)9-14(17(21)23-15)16(20)19-12-4-2-11(18)3-5-12/h2-9H,1H3,(H,19,20). The van der Waals surface area contributed by atoms with Gasteiger partial charge in [-0.05, 0) is 48.5 Å². The zero-order valence-corrected chi connectivity index (χ0v) is 13.7. The van der Waals surface area contributed by atoms with Crippen LogP contribution in [0.4, 0.5) is 5.69 Å². The Morgan fingerprint density at radius 2 is 1.87 bits per heavy atom. The van der Waals surface area contributed by atoms with Gasteiger partial charge in [-0.3, -0.25) is 4.79 Å². The minimum absolute atomic E-state index is 0.0614. The van der Waals surface area contributed by atoms with Gasteiger partial charge in [0.1, 0.15) is 16.9 Å². The number of hydrogen-bond acceptors (Lipinski definition) is 4. The number of methoxy groups -OCH3 is 1. The fraction of sp³-hybridized carbons (Fsp3) is 0.0588. The van der Waals surface area contributed by atoms with Crippen molar-refractivity contribution in [2.45, 2.75) is 0 Å². The summed E-state index contributed by atoms with van der Waals surface area (Å²) in [6.45, 7) is 0. The number of fused-ring (bicyclic) bond motifs is 1. The third-order valence-electron chi connectivity index (χ3n) is 3.29. The lowest BCUT2D eigenvalue weighted by molar-refractivity contribution is 0.102. The van der Waals surface area contributed by atoms with Crippen LogP contribution in [-0.4, -0.2) is 13.0 Å². The molecule has 0 unspecified atom stereocenters. The molecule has 1 amide bonds. The second-order valence-corrected chi connectivity index (χ2v) is 5.73. The van der Waals surface area contributed by atoms with Crippen molar-refractivity contribution in [2.24, 2.45) is 0 Å². The molecule has 0 atom stereocenters. The minimum Gasteiger partial charge on any atom is -0.497 e. The van der Waals surface area contributed by atoms with Crippen LogP contribution in [0.1, 0.15) is 10.4 Å². The quantitative estimate of drug-likeness (QED) is 0.708. The minimum atomic E-state index is -0.683. The molecule has 0 spiro atoms. The van der Waals surface area contributed by atoms with E-state index in [4.69, 9.17) is 9.15 Å². The van der Waals surface area contributed by atoms with Gasteiger partial charge in [0.05, 0.1) is 7.11 Å². The van der Waals surface area contributed by atoms with E-state index in [1.54, 1.807) is 49.6 Å². The number of carbonyl (C=O) groups excluding carboxylic acids is 1. The Morgan fingerprint density at radius 1 is 1.13 bits per heavy atom. The normalized spacial score (nSPS) is 10.5. The molecule has 0 radical (unpaired) electrons. The van der Waals surface area contributed by atoms with E-state index < -0.39 is 11.5 Å². The van der Waals surface area contributed by atoms with Gasteiger partial charge in [-0.15, -0.1) is 0 Å². The number of anilines is 1. The van der Waals surface area contributed by atoms with Crippen molar-refractivity contribution in [1.82, 2.24) is 0 Å². The smallest absolute Gasteiger partial charge is 0.349 e. The van der Waals surface area contributed by atoms with Crippen LogP contribution in [0.5, 0.6) is 5.75 Å². The molecule has 3 rings (SSSR count). The third-order valence-corrected chi connectivity index (χ3v) is 3.81. The summed E-state index contributed by atoms with van der Waals surface area (Å²) in [5.41, 5.74) is 0.241. The number of rotatable bonds is 3. The first-order chi connectivity index (χ1) is 11.1. The van der Waals surface area contributed by atoms with Gasteiger partial charge in [0, 0.05) is 15.5 Å². The molecule has 1 heterocycles. The monoisotopic (exact) mass is 373 g/mol. The van der Waals surface area contributed by atoms with Crippen molar-refractivity contribution in [2.75, 3.05) is 12.4 Å². The molecule has 6 heteroatoms. The molecule has 0 bridgehead atoms. The molecule has 1 aromatic heterocycles. The summed E-state index contributed by atoms with van der Waals surface area (Å²) in [5.74, 6) is 0.0939. The molecule has 0 fully saturated rings. The van der Waals surface area contributed by atoms with Crippen molar-refractivity contribution in [3.63, 3.8) is 0 Å². The molecular formula is C17H12BrNO4. The van der Waals surface area contributed by atoms with Crippen LogP contribution in [0.25, 0.3) is 11.0 Å². The molecule has 23 heavy (non-hydrogen) atoms. The molecule has 116 valence electrons. The van der Waals surface area contributed by atoms with E-state index in [1.165, 1.54) is 6.07 Å². The Balaban J connectivity index is 1.97. The average molecular weight is 374 g/mol. The van der Waals surface area contributed by atoms with E-state index in [1.807, 2.05) is 0 Å². The van der Waals surface area contributed by atoms with Crippen LogP contribution in [-0.2, 0) is 0 Å². The highest BCUT2D eigenvalue weighted by atomic mass is 79.9. The lowest BCUT2D eigenvalue weighted by Gasteiger charge is -2.06. The van der Waals surface area contributed by atoms with Gasteiger partial charge in [0.25, 0.3) is 5.91 Å². The fourth-order valence-corrected chi connectivity index (χ4v) is 2.38. The lowest BCUT2D eigenvalue weighted by atomic mass is 10.1. The van der Waals surface area contributed by atoms with Gasteiger partial charge in [-0.2, -0.15) is 0 Å². The van der Waals surface area contributed by atoms with Crippen LogP contribution >= 0.6 is 15.9 Å². The van der Waals surface area contributed by atoms with Gasteiger partial charge < -0.3 is 14.5 Å². The Labute approximate surface area is 140 Å². The first-order valence-electron chi connectivity index (χ1n) is 6.75. The van der Waals surface area contributed by atoms with Crippen LogP contribution in [0.2, 0.25) is 0 Å². The summed E-state index contributed by atoms with van der Waals surface area (Å²) < 4.78 is 11.2. The predicted molar refractivity (Wildman–Crippen MR) is 91.1 cm³/mol. The average Bonchev–Trinajstić information content (AvgIpc) is 2.55. The Kier molecular flexibility index (Phi) is 4.16. The predicted octanol–water partition coefficient (Wildman–Crippen LogP) is 3.82. The molecule has 0 aliphatic rings. The van der Waals surface area contributed by atoms with E-state index >= 15 is 0 Å². The highest BCUT2D eigenvalue weighted by molar-refractivity contribution is 9.10. The second kappa shape index (κ2) is 6.26. The first kappa shape index (κ1) is 15.3. The van der Waals surface area contributed by atoms with Crippen LogP contribution in [0, 0.1) is 0 Å². The maximum Gasteiger partial charge on any atom is 0.349 e. The Hall–Kier alpha value is -2.60. The SMILES string of the molecule is COc1ccc2oc(=O)c(C(=O)Nc3ccc(Br)cc3)cc2c1. The summed E-state index contributed by atoms with van der Waals surface area (Å²) in [6.07, 6.45) is 0. The molecule has 2 aromatic carbocycles. The number of halogens is 1. The molecule has 0 aliphatic heterocycles. The molecule has 0 saturated heterocycles. The van der Waals surface area contributed by atoms with E-state index in [9.17, 15) is 9.59 Å². The fourth-order valence-electron chi connectivity index (χ4n) is 2.12. The second-order valence-electron chi connectivity index (χ2n) is 4.81. The van der Waals surface area contributed by atoms with E-state index in [0.29, 0.717) is 22.4 Å². The largest absolute Gasteiger partial charge is 0.497 e. The van der Waals surface area contributed by atoms with Gasteiger partial charge >= 0.3 is 5.63 Å². The highest BCUT2D eigenvalue weighted by Gasteiger charge is 2.14. The molecule has 1 N–H and O–H groups in total. The lowest BCUT2D eigenvalue weighted by Crippen LogP contribution is -2.20. The molecule has 0 saturated carbocycles. The summed E-state index contributed by atoms with van der Waals surface area (Å²) in [7, 11) is 1.54. The highest BCUT2D eigenvalue weighted by Crippen LogP contribution is 2.21. The maximum atomic E-state index is 12.3. The van der Waals surface area contributed by atoms with Crippen LogP contribution in [0.3, 0.4) is 0 Å². The van der Waals surface area contributed by atoms with Gasteiger partial charge in [-0.25, -0.2) is 4.79 Å². The number of amides is 1. The van der Waals surface area contributed by atoms with Crippen LogP contribution in [0.15, 0.2) is 62.2 Å². The van der Waals surface area contributed by atoms with Gasteiger partial charge in [-0.1, -0.05) is 15.9 Å². The molecule has 5 nitrogen and oxygen atoms in total. The van der Waals surface area contributed by atoms with Crippen molar-refractivity contribution in [3.8, 4) is 5.75 Å². The summed E-state index contributed by atoms with van der Waals surface area (Å²) >= 11 is 3.32. The number of carbonyl (C=O) groups is 1. The van der Waals surface area contributed by atoms with E-state index in [0.717, 1.165) is 4.47 Å². The number of nitrogens with one attached hydrogen (secondary N) is 1. The first-order valence-corrected chi connectivity index (χ1v) is 7.55. The zero-order valence-electron chi connectivity index (χ0n) is 12.1. The van der Waals surface area contributed by atoms with Crippen molar-refractivity contribution < 1.29 is 13.9 Å². The van der Waals surface area contributed by atoms with Gasteiger partial charge in [0.15, 0.2) is 0 Å². The molecular weight excluding hydrogens is 362 g/mol. The third kappa shape index (κ3) is 3.27. The van der Waals surface area contributed by atoms with E-state index in [-0.39, 0.29) is 5.56 Å². The Bertz CT molecular complexity index is 931. The maximum absolute atomic E-state index is 12.3. The zero-order chi connectivity index (χ0) is 16.4. The van der Waals surface area contributed by atoms with Crippen LogP contribution < -0.4 is 15.7 Å². The molecule has 0 aliphatic carbocycles. The molecule has 3 aromatic rings. The van der Waals surface area contributed by atoms with Crippen molar-refractivity contribution >= 4 is 38.5 Å². The summed E-state index contributed by atoms with van der Waals surface area (Å²) in [6, 6.07) is 13.6. The number of ether oxygens (including phenoxy) is 1. The van der Waals surface area contributed by atoms with Gasteiger partial charge in [0.2, 0.25) is 0 Å².